The van der Waals surface area contributed by atoms with Crippen molar-refractivity contribution in [3.63, 3.8) is 0 Å². The summed E-state index contributed by atoms with van der Waals surface area (Å²) in [6, 6.07) is 5.36. The Bertz CT molecular complexity index is 371. The minimum absolute atomic E-state index is 0.153. The molecule has 0 amide bonds. The van der Waals surface area contributed by atoms with Gasteiger partial charge in [-0.25, -0.2) is 0 Å². The number of benzene rings is 1. The zero-order valence-electron chi connectivity index (χ0n) is 11.0. The molecule has 1 aromatic rings. The van der Waals surface area contributed by atoms with Crippen LogP contribution in [0.15, 0.2) is 18.2 Å². The summed E-state index contributed by atoms with van der Waals surface area (Å²) in [5.74, 6) is 0.802. The second-order valence-corrected chi connectivity index (χ2v) is 4.95. The molecular formula is C14H22ClNO2. The first-order chi connectivity index (χ1) is 8.58. The minimum Gasteiger partial charge on any atom is -0.496 e. The fourth-order valence-corrected chi connectivity index (χ4v) is 2.18. The van der Waals surface area contributed by atoms with Crippen LogP contribution in [0, 0.1) is 0 Å². The Morgan fingerprint density at radius 1 is 1.39 bits per heavy atom. The topological polar surface area (TPSA) is 55.5 Å². The maximum Gasteiger partial charge on any atom is 0.122 e. The van der Waals surface area contributed by atoms with Crippen LogP contribution in [0.5, 0.6) is 5.75 Å². The highest BCUT2D eigenvalue weighted by molar-refractivity contribution is 6.30. The van der Waals surface area contributed by atoms with Crippen LogP contribution in [0.25, 0.3) is 0 Å². The molecule has 3 N–H and O–H groups in total. The molecule has 0 saturated carbocycles. The van der Waals surface area contributed by atoms with Gasteiger partial charge in [0.1, 0.15) is 5.75 Å². The van der Waals surface area contributed by atoms with Crippen molar-refractivity contribution in [3.05, 3.63) is 28.8 Å². The molecule has 4 heteroatoms. The number of aliphatic hydroxyl groups excluding tert-OH is 1. The van der Waals surface area contributed by atoms with E-state index in [1.165, 1.54) is 0 Å². The summed E-state index contributed by atoms with van der Waals surface area (Å²) >= 11 is 5.96. The number of halogens is 1. The van der Waals surface area contributed by atoms with E-state index >= 15 is 0 Å². The molecule has 3 nitrogen and oxygen atoms in total. The first-order valence-electron chi connectivity index (χ1n) is 6.34. The van der Waals surface area contributed by atoms with E-state index in [9.17, 15) is 5.11 Å². The highest BCUT2D eigenvalue weighted by Crippen LogP contribution is 2.24. The summed E-state index contributed by atoms with van der Waals surface area (Å²) in [7, 11) is 1.63. The van der Waals surface area contributed by atoms with E-state index in [-0.39, 0.29) is 6.04 Å². The molecule has 0 heterocycles. The van der Waals surface area contributed by atoms with E-state index in [2.05, 4.69) is 6.92 Å². The number of hydrogen-bond donors (Lipinski definition) is 2. The molecule has 0 aliphatic heterocycles. The van der Waals surface area contributed by atoms with Gasteiger partial charge in [0.25, 0.3) is 0 Å². The molecule has 0 spiro atoms. The second-order valence-electron chi connectivity index (χ2n) is 4.51. The van der Waals surface area contributed by atoms with Gasteiger partial charge in [-0.05, 0) is 43.0 Å². The molecule has 0 aliphatic rings. The lowest BCUT2D eigenvalue weighted by Crippen LogP contribution is -2.34. The number of rotatable bonds is 7. The fraction of sp³-hybridized carbons (Fsp3) is 0.571. The Morgan fingerprint density at radius 3 is 2.72 bits per heavy atom. The minimum atomic E-state index is -0.478. The Kier molecular flexibility index (Phi) is 6.47. The molecule has 2 atom stereocenters. The zero-order valence-corrected chi connectivity index (χ0v) is 11.8. The van der Waals surface area contributed by atoms with Gasteiger partial charge in [-0.3, -0.25) is 0 Å². The average molecular weight is 272 g/mol. The Hall–Kier alpha value is -0.770. The molecule has 102 valence electrons. The van der Waals surface area contributed by atoms with Gasteiger partial charge in [0.2, 0.25) is 0 Å². The van der Waals surface area contributed by atoms with Crippen molar-refractivity contribution in [1.82, 2.24) is 0 Å². The molecule has 0 aromatic heterocycles. The SMILES string of the molecule is CCCC(N)C(O)CCc1cc(Cl)ccc1OC. The monoisotopic (exact) mass is 271 g/mol. The highest BCUT2D eigenvalue weighted by atomic mass is 35.5. The van der Waals surface area contributed by atoms with E-state index in [4.69, 9.17) is 22.1 Å². The molecule has 18 heavy (non-hydrogen) atoms. The van der Waals surface area contributed by atoms with Crippen molar-refractivity contribution < 1.29 is 9.84 Å². The van der Waals surface area contributed by atoms with Crippen LogP contribution in [-0.2, 0) is 6.42 Å². The summed E-state index contributed by atoms with van der Waals surface area (Å²) in [6.07, 6.45) is 2.68. The standard InChI is InChI=1S/C14H22ClNO2/c1-3-4-12(16)13(17)7-5-10-9-11(15)6-8-14(10)18-2/h6,8-9,12-13,17H,3-5,7,16H2,1-2H3. The van der Waals surface area contributed by atoms with Gasteiger partial charge in [-0.1, -0.05) is 24.9 Å². The van der Waals surface area contributed by atoms with Gasteiger partial charge in [-0.2, -0.15) is 0 Å². The van der Waals surface area contributed by atoms with E-state index in [0.717, 1.165) is 24.2 Å². The maximum absolute atomic E-state index is 9.94. The molecule has 1 aromatic carbocycles. The predicted molar refractivity (Wildman–Crippen MR) is 75.2 cm³/mol. The predicted octanol–water partition coefficient (Wildman–Crippen LogP) is 2.77. The summed E-state index contributed by atoms with van der Waals surface area (Å²) in [6.45, 7) is 2.06. The fourth-order valence-electron chi connectivity index (χ4n) is 1.99. The van der Waals surface area contributed by atoms with E-state index < -0.39 is 6.10 Å². The molecule has 2 unspecified atom stereocenters. The molecule has 0 aliphatic carbocycles. The van der Waals surface area contributed by atoms with Gasteiger partial charge in [0.05, 0.1) is 13.2 Å². The van der Waals surface area contributed by atoms with Crippen molar-refractivity contribution in [1.29, 1.82) is 0 Å². The van der Waals surface area contributed by atoms with Gasteiger partial charge in [-0.15, -0.1) is 0 Å². The third-order valence-electron chi connectivity index (χ3n) is 3.07. The van der Waals surface area contributed by atoms with E-state index in [1.807, 2.05) is 12.1 Å². The third-order valence-corrected chi connectivity index (χ3v) is 3.30. The quantitative estimate of drug-likeness (QED) is 0.802. The van der Waals surface area contributed by atoms with Crippen LogP contribution in [-0.4, -0.2) is 24.4 Å². The molecular weight excluding hydrogens is 250 g/mol. The number of aliphatic hydroxyl groups is 1. The zero-order chi connectivity index (χ0) is 13.5. The van der Waals surface area contributed by atoms with Crippen LogP contribution in [0.2, 0.25) is 5.02 Å². The lowest BCUT2D eigenvalue weighted by Gasteiger charge is -2.18. The van der Waals surface area contributed by atoms with Crippen molar-refractivity contribution >= 4 is 11.6 Å². The van der Waals surface area contributed by atoms with E-state index in [1.54, 1.807) is 13.2 Å². The van der Waals surface area contributed by atoms with Gasteiger partial charge >= 0.3 is 0 Å². The van der Waals surface area contributed by atoms with Gasteiger partial charge in [0.15, 0.2) is 0 Å². The third kappa shape index (κ3) is 4.48. The van der Waals surface area contributed by atoms with Crippen molar-refractivity contribution in [2.24, 2.45) is 5.73 Å². The van der Waals surface area contributed by atoms with Crippen molar-refractivity contribution in [2.75, 3.05) is 7.11 Å². The van der Waals surface area contributed by atoms with Crippen molar-refractivity contribution in [2.45, 2.75) is 44.8 Å². The number of nitrogens with two attached hydrogens (primary N) is 1. The first kappa shape index (κ1) is 15.3. The number of methoxy groups -OCH3 is 1. The normalized spacial score (nSPS) is 14.3. The molecule has 0 fully saturated rings. The number of ether oxygens (including phenoxy) is 1. The number of aryl methyl sites for hydroxylation is 1. The largest absolute Gasteiger partial charge is 0.496 e. The summed E-state index contributed by atoms with van der Waals surface area (Å²) in [4.78, 5) is 0. The molecule has 0 saturated heterocycles. The first-order valence-corrected chi connectivity index (χ1v) is 6.72. The van der Waals surface area contributed by atoms with Crippen molar-refractivity contribution in [3.8, 4) is 5.75 Å². The Morgan fingerprint density at radius 2 is 2.11 bits per heavy atom. The van der Waals surface area contributed by atoms with Crippen LogP contribution >= 0.6 is 11.6 Å². The average Bonchev–Trinajstić information content (AvgIpc) is 2.36. The maximum atomic E-state index is 9.94. The smallest absolute Gasteiger partial charge is 0.122 e. The summed E-state index contributed by atoms with van der Waals surface area (Å²) < 4.78 is 5.27. The van der Waals surface area contributed by atoms with Gasteiger partial charge < -0.3 is 15.6 Å². The molecule has 1 rings (SSSR count). The summed E-state index contributed by atoms with van der Waals surface area (Å²) in [5.41, 5.74) is 6.89. The van der Waals surface area contributed by atoms with Crippen LogP contribution in [0.1, 0.15) is 31.7 Å². The lowest BCUT2D eigenvalue weighted by molar-refractivity contribution is 0.131. The second kappa shape index (κ2) is 7.62. The lowest BCUT2D eigenvalue weighted by atomic mass is 9.99. The number of hydrogen-bond acceptors (Lipinski definition) is 3. The summed E-state index contributed by atoms with van der Waals surface area (Å²) in [5, 5.41) is 10.6. The van der Waals surface area contributed by atoms with E-state index in [0.29, 0.717) is 17.9 Å². The van der Waals surface area contributed by atoms with Crippen LogP contribution < -0.4 is 10.5 Å². The molecule has 0 bridgehead atoms. The Balaban J connectivity index is 2.59. The van der Waals surface area contributed by atoms with Crippen LogP contribution in [0.3, 0.4) is 0 Å². The molecule has 0 radical (unpaired) electrons. The Labute approximate surface area is 114 Å². The van der Waals surface area contributed by atoms with Gasteiger partial charge in [0, 0.05) is 11.1 Å². The highest BCUT2D eigenvalue weighted by Gasteiger charge is 2.14. The van der Waals surface area contributed by atoms with Crippen LogP contribution in [0.4, 0.5) is 0 Å².